The fourth-order valence-electron chi connectivity index (χ4n) is 2.25. The van der Waals surface area contributed by atoms with Crippen LogP contribution in [-0.2, 0) is 0 Å². The van der Waals surface area contributed by atoms with Crippen molar-refractivity contribution in [3.63, 3.8) is 0 Å². The Bertz CT molecular complexity index is 632. The van der Waals surface area contributed by atoms with E-state index in [1.165, 1.54) is 12.8 Å². The predicted molar refractivity (Wildman–Crippen MR) is 82.1 cm³/mol. The maximum absolute atomic E-state index is 5.31. The first kappa shape index (κ1) is 13.7. The summed E-state index contributed by atoms with van der Waals surface area (Å²) in [6.07, 6.45) is 2.42. The van der Waals surface area contributed by atoms with Crippen molar-refractivity contribution in [1.82, 2.24) is 9.97 Å². The number of rotatable bonds is 5. The standard InChI is InChI=1S/C16H19N3O2/c1-17-15-9-14(10-4-5-10)18-16(19-15)11-6-12(20-2)8-13(7-11)21-3/h6-10H,4-5H2,1-3H3,(H,17,18,19). The first-order chi connectivity index (χ1) is 10.2. The summed E-state index contributed by atoms with van der Waals surface area (Å²) >= 11 is 0. The van der Waals surface area contributed by atoms with Gasteiger partial charge in [-0.25, -0.2) is 9.97 Å². The molecule has 1 aliphatic rings. The largest absolute Gasteiger partial charge is 0.497 e. The molecular weight excluding hydrogens is 266 g/mol. The molecule has 5 nitrogen and oxygen atoms in total. The van der Waals surface area contributed by atoms with Crippen LogP contribution in [0, 0.1) is 0 Å². The van der Waals surface area contributed by atoms with Gasteiger partial charge in [-0.2, -0.15) is 0 Å². The molecular formula is C16H19N3O2. The lowest BCUT2D eigenvalue weighted by Gasteiger charge is -2.10. The Balaban J connectivity index is 2.08. The van der Waals surface area contributed by atoms with E-state index in [-0.39, 0.29) is 0 Å². The van der Waals surface area contributed by atoms with Crippen molar-refractivity contribution >= 4 is 5.82 Å². The molecule has 3 rings (SSSR count). The van der Waals surface area contributed by atoms with E-state index in [0.717, 1.165) is 28.6 Å². The fraction of sp³-hybridized carbons (Fsp3) is 0.375. The topological polar surface area (TPSA) is 56.3 Å². The Morgan fingerprint density at radius 1 is 1.00 bits per heavy atom. The van der Waals surface area contributed by atoms with Gasteiger partial charge in [0.1, 0.15) is 17.3 Å². The number of ether oxygens (including phenoxy) is 2. The molecule has 21 heavy (non-hydrogen) atoms. The van der Waals surface area contributed by atoms with Crippen LogP contribution in [0.4, 0.5) is 5.82 Å². The maximum Gasteiger partial charge on any atom is 0.162 e. The van der Waals surface area contributed by atoms with Crippen molar-refractivity contribution in [3.05, 3.63) is 30.0 Å². The lowest BCUT2D eigenvalue weighted by Crippen LogP contribution is -2.00. The summed E-state index contributed by atoms with van der Waals surface area (Å²) in [5, 5.41) is 3.10. The van der Waals surface area contributed by atoms with Gasteiger partial charge in [-0.3, -0.25) is 0 Å². The minimum absolute atomic E-state index is 0.575. The molecule has 0 aliphatic heterocycles. The lowest BCUT2D eigenvalue weighted by molar-refractivity contribution is 0.394. The van der Waals surface area contributed by atoms with Crippen LogP contribution >= 0.6 is 0 Å². The molecule has 1 heterocycles. The van der Waals surface area contributed by atoms with E-state index in [1.54, 1.807) is 14.2 Å². The monoisotopic (exact) mass is 285 g/mol. The highest BCUT2D eigenvalue weighted by Gasteiger charge is 2.26. The van der Waals surface area contributed by atoms with Crippen LogP contribution in [0.3, 0.4) is 0 Å². The maximum atomic E-state index is 5.31. The molecule has 1 aromatic carbocycles. The van der Waals surface area contributed by atoms with Crippen LogP contribution in [0.2, 0.25) is 0 Å². The molecule has 1 fully saturated rings. The van der Waals surface area contributed by atoms with E-state index >= 15 is 0 Å². The van der Waals surface area contributed by atoms with Gasteiger partial charge in [0.25, 0.3) is 0 Å². The Morgan fingerprint density at radius 3 is 2.19 bits per heavy atom. The van der Waals surface area contributed by atoms with E-state index < -0.39 is 0 Å². The van der Waals surface area contributed by atoms with E-state index in [1.807, 2.05) is 31.3 Å². The minimum atomic E-state index is 0.575. The summed E-state index contributed by atoms with van der Waals surface area (Å²) in [7, 11) is 5.15. The molecule has 0 spiro atoms. The molecule has 1 aromatic heterocycles. The summed E-state index contributed by atoms with van der Waals surface area (Å²) in [5.41, 5.74) is 2.00. The van der Waals surface area contributed by atoms with Crippen LogP contribution in [0.1, 0.15) is 24.5 Å². The van der Waals surface area contributed by atoms with Crippen molar-refractivity contribution in [2.75, 3.05) is 26.6 Å². The first-order valence-corrected chi connectivity index (χ1v) is 7.03. The number of hydrogen-bond donors (Lipinski definition) is 1. The Morgan fingerprint density at radius 2 is 1.67 bits per heavy atom. The number of nitrogens with one attached hydrogen (secondary N) is 1. The normalized spacial score (nSPS) is 13.9. The SMILES string of the molecule is CNc1cc(C2CC2)nc(-c2cc(OC)cc(OC)c2)n1. The van der Waals surface area contributed by atoms with Gasteiger partial charge in [0.05, 0.1) is 14.2 Å². The molecule has 1 N–H and O–H groups in total. The number of hydrogen-bond acceptors (Lipinski definition) is 5. The van der Waals surface area contributed by atoms with E-state index in [2.05, 4.69) is 10.3 Å². The van der Waals surface area contributed by atoms with Crippen molar-refractivity contribution in [1.29, 1.82) is 0 Å². The molecule has 0 unspecified atom stereocenters. The molecule has 2 aromatic rings. The molecule has 0 bridgehead atoms. The molecule has 110 valence electrons. The number of anilines is 1. The van der Waals surface area contributed by atoms with Gasteiger partial charge < -0.3 is 14.8 Å². The van der Waals surface area contributed by atoms with Crippen molar-refractivity contribution in [3.8, 4) is 22.9 Å². The zero-order valence-electron chi connectivity index (χ0n) is 12.5. The molecule has 5 heteroatoms. The highest BCUT2D eigenvalue weighted by molar-refractivity contribution is 5.62. The van der Waals surface area contributed by atoms with Crippen molar-refractivity contribution in [2.24, 2.45) is 0 Å². The summed E-state index contributed by atoms with van der Waals surface area (Å²) < 4.78 is 10.6. The second kappa shape index (κ2) is 5.60. The van der Waals surface area contributed by atoms with Crippen molar-refractivity contribution < 1.29 is 9.47 Å². The third-order valence-corrected chi connectivity index (χ3v) is 3.61. The highest BCUT2D eigenvalue weighted by Crippen LogP contribution is 2.40. The zero-order valence-corrected chi connectivity index (χ0v) is 12.5. The summed E-state index contributed by atoms with van der Waals surface area (Å²) in [5.74, 6) is 3.57. The second-order valence-electron chi connectivity index (χ2n) is 5.13. The molecule has 1 saturated carbocycles. The summed E-state index contributed by atoms with van der Waals surface area (Å²) in [6.45, 7) is 0. The average Bonchev–Trinajstić information content (AvgIpc) is 3.38. The molecule has 0 saturated heterocycles. The summed E-state index contributed by atoms with van der Waals surface area (Å²) in [6, 6.07) is 7.72. The number of methoxy groups -OCH3 is 2. The van der Waals surface area contributed by atoms with Crippen LogP contribution < -0.4 is 14.8 Å². The minimum Gasteiger partial charge on any atom is -0.497 e. The fourth-order valence-corrected chi connectivity index (χ4v) is 2.25. The Hall–Kier alpha value is -2.30. The number of aromatic nitrogens is 2. The van der Waals surface area contributed by atoms with Gasteiger partial charge in [-0.15, -0.1) is 0 Å². The van der Waals surface area contributed by atoms with Crippen LogP contribution in [-0.4, -0.2) is 31.2 Å². The van der Waals surface area contributed by atoms with E-state index in [9.17, 15) is 0 Å². The van der Waals surface area contributed by atoms with Gasteiger partial charge >= 0.3 is 0 Å². The number of benzene rings is 1. The van der Waals surface area contributed by atoms with Crippen molar-refractivity contribution in [2.45, 2.75) is 18.8 Å². The summed E-state index contributed by atoms with van der Waals surface area (Å²) in [4.78, 5) is 9.25. The predicted octanol–water partition coefficient (Wildman–Crippen LogP) is 3.08. The van der Waals surface area contributed by atoms with Gasteiger partial charge in [0.15, 0.2) is 5.82 Å². The molecule has 0 radical (unpaired) electrons. The third-order valence-electron chi connectivity index (χ3n) is 3.61. The highest BCUT2D eigenvalue weighted by atomic mass is 16.5. The smallest absolute Gasteiger partial charge is 0.162 e. The lowest BCUT2D eigenvalue weighted by atomic mass is 10.1. The van der Waals surface area contributed by atoms with Crippen LogP contribution in [0.15, 0.2) is 24.3 Å². The molecule has 1 aliphatic carbocycles. The Kier molecular flexibility index (Phi) is 3.64. The molecule has 0 amide bonds. The zero-order chi connectivity index (χ0) is 14.8. The quantitative estimate of drug-likeness (QED) is 0.915. The average molecular weight is 285 g/mol. The molecule has 0 atom stereocenters. The van der Waals surface area contributed by atoms with Gasteiger partial charge in [0.2, 0.25) is 0 Å². The Labute approximate surface area is 124 Å². The van der Waals surface area contributed by atoms with Gasteiger partial charge in [-0.05, 0) is 25.0 Å². The van der Waals surface area contributed by atoms with Crippen LogP contribution in [0.25, 0.3) is 11.4 Å². The second-order valence-corrected chi connectivity index (χ2v) is 5.13. The van der Waals surface area contributed by atoms with E-state index in [4.69, 9.17) is 14.5 Å². The first-order valence-electron chi connectivity index (χ1n) is 7.03. The van der Waals surface area contributed by atoms with Gasteiger partial charge in [0, 0.05) is 36.4 Å². The van der Waals surface area contributed by atoms with E-state index in [0.29, 0.717) is 11.7 Å². The van der Waals surface area contributed by atoms with Gasteiger partial charge in [-0.1, -0.05) is 0 Å². The third kappa shape index (κ3) is 2.91. The number of nitrogens with zero attached hydrogens (tertiary/aromatic N) is 2. The van der Waals surface area contributed by atoms with Crippen LogP contribution in [0.5, 0.6) is 11.5 Å².